The van der Waals surface area contributed by atoms with Crippen molar-refractivity contribution in [2.75, 3.05) is 31.6 Å². The molecule has 4 nitrogen and oxygen atoms in total. The van der Waals surface area contributed by atoms with Gasteiger partial charge in [-0.15, -0.1) is 0 Å². The van der Waals surface area contributed by atoms with Gasteiger partial charge in [0.25, 0.3) is 0 Å². The molecule has 0 aliphatic carbocycles. The van der Waals surface area contributed by atoms with E-state index in [2.05, 4.69) is 65.6 Å². The first-order valence-electron chi connectivity index (χ1n) is 10.8. The third kappa shape index (κ3) is 4.86. The number of hydrogen-bond donors (Lipinski definition) is 1. The molecule has 1 aromatic heterocycles. The lowest BCUT2D eigenvalue weighted by atomic mass is 9.90. The third-order valence-electron chi connectivity index (χ3n) is 5.65. The van der Waals surface area contributed by atoms with Gasteiger partial charge >= 0.3 is 0 Å². The average Bonchev–Trinajstić information content (AvgIpc) is 2.84. The second-order valence-corrected chi connectivity index (χ2v) is 7.66. The molecule has 0 saturated heterocycles. The molecule has 2 N–H and O–H groups in total. The number of rotatable bonds is 9. The highest BCUT2D eigenvalue weighted by atomic mass is 16.5. The van der Waals surface area contributed by atoms with Crippen molar-refractivity contribution in [2.45, 2.75) is 12.3 Å². The van der Waals surface area contributed by atoms with E-state index < -0.39 is 0 Å². The lowest BCUT2D eigenvalue weighted by Crippen LogP contribution is -2.32. The average molecular weight is 412 g/mol. The molecule has 0 aliphatic heterocycles. The van der Waals surface area contributed by atoms with Crippen molar-refractivity contribution in [1.82, 2.24) is 4.98 Å². The summed E-state index contributed by atoms with van der Waals surface area (Å²) in [6.45, 7) is 2.28. The number of anilines is 1. The molecule has 0 amide bonds. The van der Waals surface area contributed by atoms with Crippen molar-refractivity contribution < 1.29 is 4.74 Å². The van der Waals surface area contributed by atoms with Crippen molar-refractivity contribution in [3.63, 3.8) is 0 Å². The highest BCUT2D eigenvalue weighted by Crippen LogP contribution is 2.32. The van der Waals surface area contributed by atoms with Crippen molar-refractivity contribution in [3.8, 4) is 5.75 Å². The quantitative estimate of drug-likeness (QED) is 0.410. The Morgan fingerprint density at radius 2 is 1.48 bits per heavy atom. The van der Waals surface area contributed by atoms with Crippen LogP contribution in [0.5, 0.6) is 5.75 Å². The van der Waals surface area contributed by atoms with Crippen LogP contribution in [0.4, 0.5) is 5.82 Å². The summed E-state index contributed by atoms with van der Waals surface area (Å²) in [5.74, 6) is 1.98. The number of ether oxygens (including phenoxy) is 1. The van der Waals surface area contributed by atoms with Gasteiger partial charge in [0, 0.05) is 30.5 Å². The van der Waals surface area contributed by atoms with Crippen molar-refractivity contribution in [3.05, 3.63) is 102 Å². The minimum atomic E-state index is 0.222. The lowest BCUT2D eigenvalue weighted by Gasteiger charge is -2.30. The maximum Gasteiger partial charge on any atom is 0.133 e. The standard InChI is InChI=1S/C27H29N3O/c1-31-26-19-27(29-25-16-9-8-15-23(25)26)30(18-10-17-28)20-24(21-11-4-2-5-12-21)22-13-6-3-7-14-22/h2-9,11-16,19,24H,10,17-18,20,28H2,1H3. The zero-order chi connectivity index (χ0) is 21.5. The second-order valence-electron chi connectivity index (χ2n) is 7.66. The molecule has 4 aromatic rings. The molecule has 0 fully saturated rings. The first-order valence-corrected chi connectivity index (χ1v) is 10.8. The molecule has 0 radical (unpaired) electrons. The van der Waals surface area contributed by atoms with E-state index in [0.717, 1.165) is 42.0 Å². The van der Waals surface area contributed by atoms with E-state index in [-0.39, 0.29) is 5.92 Å². The molecule has 0 saturated carbocycles. The normalized spacial score (nSPS) is 11.1. The molecule has 0 spiro atoms. The predicted molar refractivity (Wildman–Crippen MR) is 129 cm³/mol. The van der Waals surface area contributed by atoms with Gasteiger partial charge < -0.3 is 15.4 Å². The first kappa shape index (κ1) is 20.9. The number of methoxy groups -OCH3 is 1. The molecule has 1 heterocycles. The SMILES string of the molecule is COc1cc(N(CCCN)CC(c2ccccc2)c2ccccc2)nc2ccccc12. The van der Waals surface area contributed by atoms with Crippen LogP contribution in [0.15, 0.2) is 91.0 Å². The number of pyridine rings is 1. The fourth-order valence-corrected chi connectivity index (χ4v) is 4.04. The van der Waals surface area contributed by atoms with Gasteiger partial charge in [-0.3, -0.25) is 0 Å². The molecule has 4 rings (SSSR count). The van der Waals surface area contributed by atoms with Crippen molar-refractivity contribution >= 4 is 16.7 Å². The zero-order valence-electron chi connectivity index (χ0n) is 17.9. The number of para-hydroxylation sites is 1. The van der Waals surface area contributed by atoms with Crippen LogP contribution >= 0.6 is 0 Å². The Morgan fingerprint density at radius 3 is 2.10 bits per heavy atom. The maximum absolute atomic E-state index is 5.88. The lowest BCUT2D eigenvalue weighted by molar-refractivity contribution is 0.419. The van der Waals surface area contributed by atoms with E-state index in [1.165, 1.54) is 11.1 Å². The first-order chi connectivity index (χ1) is 15.3. The van der Waals surface area contributed by atoms with Crippen LogP contribution in [0, 0.1) is 0 Å². The van der Waals surface area contributed by atoms with Crippen molar-refractivity contribution in [2.24, 2.45) is 5.73 Å². The summed E-state index contributed by atoms with van der Waals surface area (Å²) in [6.07, 6.45) is 0.896. The molecular weight excluding hydrogens is 382 g/mol. The largest absolute Gasteiger partial charge is 0.496 e. The topological polar surface area (TPSA) is 51.4 Å². The highest BCUT2D eigenvalue weighted by molar-refractivity contribution is 5.87. The highest BCUT2D eigenvalue weighted by Gasteiger charge is 2.20. The van der Waals surface area contributed by atoms with Crippen LogP contribution in [0.2, 0.25) is 0 Å². The van der Waals surface area contributed by atoms with Gasteiger partial charge in [-0.05, 0) is 36.2 Å². The Balaban J connectivity index is 1.75. The molecule has 0 bridgehead atoms. The number of benzene rings is 3. The molecule has 158 valence electrons. The van der Waals surface area contributed by atoms with Gasteiger partial charge in [-0.25, -0.2) is 4.98 Å². The molecule has 0 atom stereocenters. The van der Waals surface area contributed by atoms with Crippen LogP contribution < -0.4 is 15.4 Å². The summed E-state index contributed by atoms with van der Waals surface area (Å²) >= 11 is 0. The van der Waals surface area contributed by atoms with Crippen LogP contribution in [0.25, 0.3) is 10.9 Å². The van der Waals surface area contributed by atoms with Crippen LogP contribution in [0.3, 0.4) is 0 Å². The fraction of sp³-hybridized carbons (Fsp3) is 0.222. The van der Waals surface area contributed by atoms with Crippen LogP contribution in [-0.4, -0.2) is 31.7 Å². The number of nitrogens with zero attached hydrogens (tertiary/aromatic N) is 2. The van der Waals surface area contributed by atoms with E-state index in [1.54, 1.807) is 7.11 Å². The summed E-state index contributed by atoms with van der Waals surface area (Å²) < 4.78 is 5.71. The summed E-state index contributed by atoms with van der Waals surface area (Å²) in [4.78, 5) is 7.32. The van der Waals surface area contributed by atoms with Gasteiger partial charge in [0.05, 0.1) is 12.6 Å². The second kappa shape index (κ2) is 10.1. The van der Waals surface area contributed by atoms with Gasteiger partial charge in [-0.1, -0.05) is 72.8 Å². The molecular formula is C27H29N3O. The van der Waals surface area contributed by atoms with Crippen LogP contribution in [0.1, 0.15) is 23.5 Å². The minimum absolute atomic E-state index is 0.222. The molecule has 0 aliphatic rings. The molecule has 31 heavy (non-hydrogen) atoms. The van der Waals surface area contributed by atoms with E-state index in [9.17, 15) is 0 Å². The van der Waals surface area contributed by atoms with E-state index >= 15 is 0 Å². The van der Waals surface area contributed by atoms with Gasteiger partial charge in [0.15, 0.2) is 0 Å². The van der Waals surface area contributed by atoms with Gasteiger partial charge in [0.1, 0.15) is 11.6 Å². The predicted octanol–water partition coefficient (Wildman–Crippen LogP) is 5.23. The Morgan fingerprint density at radius 1 is 0.871 bits per heavy atom. The summed E-state index contributed by atoms with van der Waals surface area (Å²) in [5, 5.41) is 1.02. The van der Waals surface area contributed by atoms with Crippen LogP contribution in [-0.2, 0) is 0 Å². The monoisotopic (exact) mass is 411 g/mol. The Bertz CT molecular complexity index is 1060. The van der Waals surface area contributed by atoms with Gasteiger partial charge in [-0.2, -0.15) is 0 Å². The number of hydrogen-bond acceptors (Lipinski definition) is 4. The molecule has 4 heteroatoms. The maximum atomic E-state index is 5.88. The Kier molecular flexibility index (Phi) is 6.80. The minimum Gasteiger partial charge on any atom is -0.496 e. The Hall–Kier alpha value is -3.37. The summed E-state index contributed by atoms with van der Waals surface area (Å²) in [5.41, 5.74) is 9.40. The van der Waals surface area contributed by atoms with E-state index in [4.69, 9.17) is 15.5 Å². The summed E-state index contributed by atoms with van der Waals surface area (Å²) in [6, 6.07) is 31.5. The smallest absolute Gasteiger partial charge is 0.133 e. The third-order valence-corrected chi connectivity index (χ3v) is 5.65. The molecule has 3 aromatic carbocycles. The number of aromatic nitrogens is 1. The molecule has 0 unspecified atom stereocenters. The number of fused-ring (bicyclic) bond motifs is 1. The summed E-state index contributed by atoms with van der Waals surface area (Å²) in [7, 11) is 1.71. The number of nitrogens with two attached hydrogens (primary N) is 1. The Labute approximate surface area is 184 Å². The van der Waals surface area contributed by atoms with E-state index in [1.807, 2.05) is 30.3 Å². The van der Waals surface area contributed by atoms with Crippen molar-refractivity contribution in [1.29, 1.82) is 0 Å². The fourth-order valence-electron chi connectivity index (χ4n) is 4.04. The van der Waals surface area contributed by atoms with E-state index in [0.29, 0.717) is 6.54 Å². The zero-order valence-corrected chi connectivity index (χ0v) is 17.9. The van der Waals surface area contributed by atoms with Gasteiger partial charge in [0.2, 0.25) is 0 Å².